The zero-order valence-corrected chi connectivity index (χ0v) is 21.3. The van der Waals surface area contributed by atoms with Crippen molar-refractivity contribution in [2.45, 2.75) is 44.9 Å². The van der Waals surface area contributed by atoms with Crippen LogP contribution in [0, 0.1) is 0 Å². The molecule has 0 saturated carbocycles. The van der Waals surface area contributed by atoms with E-state index in [1.807, 2.05) is 13.8 Å². The number of carbonyl (C=O) groups is 1. The van der Waals surface area contributed by atoms with Gasteiger partial charge in [-0.3, -0.25) is 9.69 Å². The summed E-state index contributed by atoms with van der Waals surface area (Å²) in [5.74, 6) is 0.654. The number of carbonyl (C=O) groups excluding carboxylic acids is 1. The summed E-state index contributed by atoms with van der Waals surface area (Å²) in [4.78, 5) is 20.5. The van der Waals surface area contributed by atoms with Crippen molar-refractivity contribution >= 4 is 35.8 Å². The Morgan fingerprint density at radius 1 is 1.23 bits per heavy atom. The van der Waals surface area contributed by atoms with Crippen molar-refractivity contribution in [2.24, 2.45) is 4.99 Å². The van der Waals surface area contributed by atoms with Crippen LogP contribution in [0.25, 0.3) is 0 Å². The minimum atomic E-state index is -0.312. The van der Waals surface area contributed by atoms with Gasteiger partial charge >= 0.3 is 0 Å². The molecule has 0 atom stereocenters. The van der Waals surface area contributed by atoms with Crippen molar-refractivity contribution in [1.82, 2.24) is 20.4 Å². The first kappa shape index (κ1) is 26.6. The van der Waals surface area contributed by atoms with E-state index in [0.29, 0.717) is 18.5 Å². The molecule has 1 aliphatic heterocycles. The number of nitrogens with one attached hydrogen (secondary N) is 2. The first-order chi connectivity index (χ1) is 13.8. The van der Waals surface area contributed by atoms with Gasteiger partial charge in [0.25, 0.3) is 0 Å². The summed E-state index contributed by atoms with van der Waals surface area (Å²) in [6, 6.07) is 10.9. The summed E-state index contributed by atoms with van der Waals surface area (Å²) in [5.41, 5.74) is 1.04. The number of benzene rings is 1. The molecule has 2 N–H and O–H groups in total. The highest BCUT2D eigenvalue weighted by Gasteiger charge is 2.22. The fourth-order valence-corrected chi connectivity index (χ4v) is 3.08. The van der Waals surface area contributed by atoms with Crippen LogP contribution in [0.2, 0.25) is 0 Å². The molecule has 1 amide bonds. The summed E-state index contributed by atoms with van der Waals surface area (Å²) in [6.07, 6.45) is 2.09. The molecule has 1 aromatic rings. The molecule has 8 heteroatoms. The number of halogens is 1. The Morgan fingerprint density at radius 2 is 1.87 bits per heavy atom. The van der Waals surface area contributed by atoms with Crippen molar-refractivity contribution in [3.63, 3.8) is 0 Å². The summed E-state index contributed by atoms with van der Waals surface area (Å²) >= 11 is 0. The average Bonchev–Trinajstić information content (AvgIpc) is 2.71. The van der Waals surface area contributed by atoms with Gasteiger partial charge in [0, 0.05) is 53.4 Å². The number of likely N-dealkylation sites (N-methyl/N-ethyl adjacent to an activating group) is 1. The quantitative estimate of drug-likeness (QED) is 0.306. The standard InChI is InChI=1S/C22H37N5O2.HI/c1-22(2,29-5)17-24-21(23-15-20(28)26(3)4)25-19-11-13-27(14-12-19)16-18-9-7-6-8-10-18;/h6-10,19H,11-17H2,1-5H3,(H2,23,24,25);1H. The molecule has 0 aliphatic carbocycles. The second-order valence-electron chi connectivity index (χ2n) is 8.45. The predicted molar refractivity (Wildman–Crippen MR) is 133 cm³/mol. The van der Waals surface area contributed by atoms with Gasteiger partial charge in [-0.1, -0.05) is 30.3 Å². The summed E-state index contributed by atoms with van der Waals surface area (Å²) in [6.45, 7) is 7.85. The van der Waals surface area contributed by atoms with Gasteiger partial charge in [-0.15, -0.1) is 24.0 Å². The maximum absolute atomic E-state index is 11.9. The number of guanidine groups is 1. The number of likely N-dealkylation sites (tertiary alicyclic amines) is 1. The van der Waals surface area contributed by atoms with Crippen LogP contribution < -0.4 is 10.6 Å². The topological polar surface area (TPSA) is 69.2 Å². The Morgan fingerprint density at radius 3 is 2.43 bits per heavy atom. The van der Waals surface area contributed by atoms with Crippen molar-refractivity contribution < 1.29 is 9.53 Å². The molecule has 0 radical (unpaired) electrons. The van der Waals surface area contributed by atoms with Crippen LogP contribution in [0.3, 0.4) is 0 Å². The Bertz CT molecular complexity index is 659. The lowest BCUT2D eigenvalue weighted by molar-refractivity contribution is -0.127. The van der Waals surface area contributed by atoms with E-state index in [9.17, 15) is 4.79 Å². The highest BCUT2D eigenvalue weighted by atomic mass is 127. The smallest absolute Gasteiger partial charge is 0.243 e. The third-order valence-corrected chi connectivity index (χ3v) is 5.28. The molecule has 1 fully saturated rings. The highest BCUT2D eigenvalue weighted by Crippen LogP contribution is 2.14. The van der Waals surface area contributed by atoms with Gasteiger partial charge in [-0.25, -0.2) is 4.99 Å². The average molecular weight is 531 g/mol. The van der Waals surface area contributed by atoms with E-state index < -0.39 is 0 Å². The molecule has 0 spiro atoms. The number of amides is 1. The second kappa shape index (κ2) is 13.1. The molecule has 30 heavy (non-hydrogen) atoms. The number of hydrogen-bond acceptors (Lipinski definition) is 4. The number of ether oxygens (including phenoxy) is 1. The second-order valence-corrected chi connectivity index (χ2v) is 8.45. The SMILES string of the molecule is COC(C)(C)CNC(=NCC(=O)N(C)C)NC1CCN(Cc2ccccc2)CC1.I. The van der Waals surface area contributed by atoms with Crippen LogP contribution in [-0.4, -0.2) is 80.7 Å². The zero-order chi connectivity index (χ0) is 21.3. The first-order valence-electron chi connectivity index (χ1n) is 10.4. The lowest BCUT2D eigenvalue weighted by Crippen LogP contribution is -2.51. The summed E-state index contributed by atoms with van der Waals surface area (Å²) < 4.78 is 5.49. The lowest BCUT2D eigenvalue weighted by atomic mass is 10.0. The molecule has 1 heterocycles. The van der Waals surface area contributed by atoms with Gasteiger partial charge in [0.2, 0.25) is 5.91 Å². The lowest BCUT2D eigenvalue weighted by Gasteiger charge is -2.33. The zero-order valence-electron chi connectivity index (χ0n) is 19.0. The third kappa shape index (κ3) is 9.61. The van der Waals surface area contributed by atoms with Gasteiger partial charge < -0.3 is 20.3 Å². The van der Waals surface area contributed by atoms with Crippen LogP contribution in [0.15, 0.2) is 35.3 Å². The number of nitrogens with zero attached hydrogens (tertiary/aromatic N) is 3. The minimum Gasteiger partial charge on any atom is -0.377 e. The molecule has 7 nitrogen and oxygen atoms in total. The molecule has 2 rings (SSSR count). The molecule has 0 aromatic heterocycles. The van der Waals surface area contributed by atoms with E-state index >= 15 is 0 Å². The summed E-state index contributed by atoms with van der Waals surface area (Å²) in [7, 11) is 5.19. The van der Waals surface area contributed by atoms with E-state index in [1.165, 1.54) is 5.56 Å². The number of rotatable bonds is 8. The molecule has 0 bridgehead atoms. The summed E-state index contributed by atoms with van der Waals surface area (Å²) in [5, 5.41) is 6.85. The fraction of sp³-hybridized carbons (Fsp3) is 0.636. The molecular weight excluding hydrogens is 493 g/mol. The molecule has 170 valence electrons. The van der Waals surface area contributed by atoms with E-state index in [0.717, 1.165) is 32.5 Å². The number of hydrogen-bond donors (Lipinski definition) is 2. The normalized spacial score (nSPS) is 16.0. The molecule has 1 saturated heterocycles. The van der Waals surface area contributed by atoms with Crippen LogP contribution in [-0.2, 0) is 16.1 Å². The maximum atomic E-state index is 11.9. The van der Waals surface area contributed by atoms with Crippen molar-refractivity contribution in [2.75, 3.05) is 47.4 Å². The van der Waals surface area contributed by atoms with E-state index in [4.69, 9.17) is 4.74 Å². The van der Waals surface area contributed by atoms with Crippen LogP contribution >= 0.6 is 24.0 Å². The first-order valence-corrected chi connectivity index (χ1v) is 10.4. The largest absolute Gasteiger partial charge is 0.377 e. The van der Waals surface area contributed by atoms with E-state index in [-0.39, 0.29) is 42.0 Å². The van der Waals surface area contributed by atoms with Crippen molar-refractivity contribution in [3.05, 3.63) is 35.9 Å². The Hall–Kier alpha value is -1.39. The predicted octanol–water partition coefficient (Wildman–Crippen LogP) is 2.32. The number of methoxy groups -OCH3 is 1. The van der Waals surface area contributed by atoms with Crippen LogP contribution in [0.1, 0.15) is 32.3 Å². The van der Waals surface area contributed by atoms with Gasteiger partial charge in [0.05, 0.1) is 5.60 Å². The van der Waals surface area contributed by atoms with Gasteiger partial charge in [0.1, 0.15) is 6.54 Å². The maximum Gasteiger partial charge on any atom is 0.243 e. The van der Waals surface area contributed by atoms with Crippen molar-refractivity contribution in [1.29, 1.82) is 0 Å². The highest BCUT2D eigenvalue weighted by molar-refractivity contribution is 14.0. The van der Waals surface area contributed by atoms with Gasteiger partial charge in [-0.05, 0) is 32.3 Å². The van der Waals surface area contributed by atoms with Gasteiger partial charge in [0.15, 0.2) is 5.96 Å². The van der Waals surface area contributed by atoms with Crippen LogP contribution in [0.5, 0.6) is 0 Å². The monoisotopic (exact) mass is 531 g/mol. The molecule has 0 unspecified atom stereocenters. The Labute approximate surface area is 198 Å². The van der Waals surface area contributed by atoms with Gasteiger partial charge in [-0.2, -0.15) is 0 Å². The van der Waals surface area contributed by atoms with Crippen molar-refractivity contribution in [3.8, 4) is 0 Å². The Balaban J connectivity index is 0.00000450. The molecule has 1 aliphatic rings. The number of aliphatic imine (C=N–C) groups is 1. The molecular formula is C22H38IN5O2. The minimum absolute atomic E-state index is 0. The Kier molecular flexibility index (Phi) is 11.6. The number of piperidine rings is 1. The van der Waals surface area contributed by atoms with Crippen LogP contribution in [0.4, 0.5) is 0 Å². The molecule has 1 aromatic carbocycles. The van der Waals surface area contributed by atoms with E-state index in [2.05, 4.69) is 50.9 Å². The van der Waals surface area contributed by atoms with E-state index in [1.54, 1.807) is 26.1 Å². The fourth-order valence-electron chi connectivity index (χ4n) is 3.08. The third-order valence-electron chi connectivity index (χ3n) is 5.28.